The summed E-state index contributed by atoms with van der Waals surface area (Å²) in [6.45, 7) is 6.80. The Kier molecular flexibility index (Phi) is 36.4. The van der Waals surface area contributed by atoms with Gasteiger partial charge in [-0.25, -0.2) is 0 Å². The van der Waals surface area contributed by atoms with E-state index in [9.17, 15) is 9.59 Å². The highest BCUT2D eigenvalue weighted by Crippen LogP contribution is 2.22. The summed E-state index contributed by atoms with van der Waals surface area (Å²) in [5.74, 6) is -0.648. The molecule has 0 fully saturated rings. The maximum absolute atomic E-state index is 13.0. The molecule has 0 rings (SSSR count). The number of allylic oxidation sites excluding steroid dienone is 2. The van der Waals surface area contributed by atoms with Gasteiger partial charge >= 0.3 is 11.9 Å². The highest BCUT2D eigenvalue weighted by Gasteiger charge is 2.22. The average Bonchev–Trinajstić information content (AvgIpc) is 3.03. The van der Waals surface area contributed by atoms with Crippen LogP contribution in [0.2, 0.25) is 0 Å². The van der Waals surface area contributed by atoms with Crippen molar-refractivity contribution in [2.75, 3.05) is 0 Å². The minimum atomic E-state index is -0.304. The van der Waals surface area contributed by atoms with Crippen LogP contribution in [0.1, 0.15) is 239 Å². The summed E-state index contributed by atoms with van der Waals surface area (Å²) in [7, 11) is 0. The van der Waals surface area contributed by atoms with E-state index >= 15 is 0 Å². The van der Waals surface area contributed by atoms with Crippen LogP contribution in [0.5, 0.6) is 0 Å². The van der Waals surface area contributed by atoms with Gasteiger partial charge in [-0.05, 0) is 44.9 Å². The first kappa shape index (κ1) is 43.9. The molecule has 0 aliphatic heterocycles. The number of carbonyl (C=O) groups excluding carboxylic acids is 2. The van der Waals surface area contributed by atoms with Crippen LogP contribution in [0.25, 0.3) is 0 Å². The molecule has 0 spiro atoms. The Hall–Kier alpha value is -1.12. The van der Waals surface area contributed by atoms with E-state index in [0.29, 0.717) is 6.42 Å². The first-order valence-corrected chi connectivity index (χ1v) is 20.5. The Morgan fingerprint density at radius 3 is 1.11 bits per heavy atom. The van der Waals surface area contributed by atoms with Crippen molar-refractivity contribution in [3.05, 3.63) is 12.2 Å². The Morgan fingerprint density at radius 1 is 0.422 bits per heavy atom. The molecule has 0 N–H and O–H groups in total. The Morgan fingerprint density at radius 2 is 0.733 bits per heavy atom. The Balaban J connectivity index is 4.12. The topological polar surface area (TPSA) is 43.4 Å². The fourth-order valence-corrected chi connectivity index (χ4v) is 6.37. The second-order valence-electron chi connectivity index (χ2n) is 14.1. The van der Waals surface area contributed by atoms with Gasteiger partial charge in [0.1, 0.15) is 0 Å². The van der Waals surface area contributed by atoms with Crippen molar-refractivity contribution in [2.24, 2.45) is 5.92 Å². The van der Waals surface area contributed by atoms with Crippen LogP contribution in [0.3, 0.4) is 0 Å². The number of unbranched alkanes of at least 4 members (excludes halogenated alkanes) is 27. The van der Waals surface area contributed by atoms with E-state index in [4.69, 9.17) is 4.74 Å². The molecular formula is C42H80O3. The van der Waals surface area contributed by atoms with Gasteiger partial charge in [-0.1, -0.05) is 200 Å². The van der Waals surface area contributed by atoms with Gasteiger partial charge in [-0.2, -0.15) is 0 Å². The van der Waals surface area contributed by atoms with Crippen LogP contribution >= 0.6 is 0 Å². The molecule has 0 amide bonds. The third-order valence-electron chi connectivity index (χ3n) is 9.50. The zero-order valence-corrected chi connectivity index (χ0v) is 31.0. The van der Waals surface area contributed by atoms with Crippen LogP contribution in [0, 0.1) is 5.92 Å². The van der Waals surface area contributed by atoms with E-state index < -0.39 is 0 Å². The van der Waals surface area contributed by atoms with Crippen molar-refractivity contribution < 1.29 is 14.3 Å². The predicted molar refractivity (Wildman–Crippen MR) is 198 cm³/mol. The monoisotopic (exact) mass is 633 g/mol. The molecule has 1 atom stereocenters. The van der Waals surface area contributed by atoms with E-state index in [2.05, 4.69) is 32.9 Å². The van der Waals surface area contributed by atoms with Gasteiger partial charge in [0.25, 0.3) is 0 Å². The fraction of sp³-hybridized carbons (Fsp3) is 0.905. The molecule has 0 aliphatic carbocycles. The summed E-state index contributed by atoms with van der Waals surface area (Å²) in [6, 6.07) is 0. The summed E-state index contributed by atoms with van der Waals surface area (Å²) in [4.78, 5) is 25.5. The summed E-state index contributed by atoms with van der Waals surface area (Å²) in [5, 5.41) is 0. The van der Waals surface area contributed by atoms with E-state index in [1.165, 1.54) is 167 Å². The smallest absolute Gasteiger partial charge is 0.316 e. The standard InChI is InChI=1S/C42H80O3/c1-4-7-10-13-16-19-21-22-23-24-25-27-30-33-36-39-41(43)45-42(44)40(37-34-31-28-18-15-12-9-6-3)38-35-32-29-26-20-17-14-11-8-5-2/h22-23,40H,4-21,24-39H2,1-3H3/b23-22-. The summed E-state index contributed by atoms with van der Waals surface area (Å²) in [6.07, 6.45) is 46.1. The molecular weight excluding hydrogens is 552 g/mol. The van der Waals surface area contributed by atoms with Crippen molar-refractivity contribution in [3.63, 3.8) is 0 Å². The van der Waals surface area contributed by atoms with Crippen molar-refractivity contribution >= 4 is 11.9 Å². The largest absolute Gasteiger partial charge is 0.393 e. The van der Waals surface area contributed by atoms with Crippen LogP contribution in [0.15, 0.2) is 12.2 Å². The highest BCUT2D eigenvalue weighted by molar-refractivity contribution is 5.86. The van der Waals surface area contributed by atoms with Crippen molar-refractivity contribution in [3.8, 4) is 0 Å². The number of rotatable bonds is 36. The lowest BCUT2D eigenvalue weighted by atomic mass is 9.94. The number of hydrogen-bond acceptors (Lipinski definition) is 3. The van der Waals surface area contributed by atoms with Crippen molar-refractivity contribution in [2.45, 2.75) is 239 Å². The molecule has 0 saturated carbocycles. The van der Waals surface area contributed by atoms with E-state index in [1.54, 1.807) is 0 Å². The predicted octanol–water partition coefficient (Wildman–Crippen LogP) is 14.6. The molecule has 0 heterocycles. The molecule has 0 aromatic carbocycles. The first-order chi connectivity index (χ1) is 22.2. The number of esters is 2. The first-order valence-electron chi connectivity index (χ1n) is 20.5. The number of hydrogen-bond donors (Lipinski definition) is 0. The maximum atomic E-state index is 13.0. The molecule has 0 saturated heterocycles. The summed E-state index contributed by atoms with van der Waals surface area (Å²) < 4.78 is 5.41. The van der Waals surface area contributed by atoms with Crippen LogP contribution in [-0.4, -0.2) is 11.9 Å². The Bertz CT molecular complexity index is 640. The summed E-state index contributed by atoms with van der Waals surface area (Å²) >= 11 is 0. The van der Waals surface area contributed by atoms with Crippen LogP contribution < -0.4 is 0 Å². The van der Waals surface area contributed by atoms with E-state index in [0.717, 1.165) is 44.9 Å². The number of carbonyl (C=O) groups is 2. The van der Waals surface area contributed by atoms with Gasteiger partial charge in [-0.3, -0.25) is 9.59 Å². The van der Waals surface area contributed by atoms with Gasteiger partial charge in [0, 0.05) is 6.42 Å². The molecule has 1 unspecified atom stereocenters. The lowest BCUT2D eigenvalue weighted by molar-refractivity contribution is -0.163. The molecule has 3 heteroatoms. The molecule has 266 valence electrons. The molecule has 45 heavy (non-hydrogen) atoms. The lowest BCUT2D eigenvalue weighted by Gasteiger charge is -2.15. The van der Waals surface area contributed by atoms with E-state index in [1.807, 2.05) is 0 Å². The van der Waals surface area contributed by atoms with Crippen LogP contribution in [0.4, 0.5) is 0 Å². The number of ether oxygens (including phenoxy) is 1. The minimum absolute atomic E-state index is 0.0998. The van der Waals surface area contributed by atoms with Gasteiger partial charge < -0.3 is 4.74 Å². The van der Waals surface area contributed by atoms with Gasteiger partial charge in [0.05, 0.1) is 5.92 Å². The van der Waals surface area contributed by atoms with Crippen LogP contribution in [-0.2, 0) is 14.3 Å². The highest BCUT2D eigenvalue weighted by atomic mass is 16.6. The fourth-order valence-electron chi connectivity index (χ4n) is 6.37. The molecule has 0 bridgehead atoms. The second-order valence-corrected chi connectivity index (χ2v) is 14.1. The molecule has 0 aliphatic rings. The Labute approximate surface area is 282 Å². The van der Waals surface area contributed by atoms with Gasteiger partial charge in [0.2, 0.25) is 0 Å². The summed E-state index contributed by atoms with van der Waals surface area (Å²) in [5.41, 5.74) is 0. The molecule has 0 aromatic rings. The van der Waals surface area contributed by atoms with Gasteiger partial charge in [-0.15, -0.1) is 0 Å². The SMILES string of the molecule is CCCCCCCC/C=C\CCCCCCCC(=O)OC(=O)C(CCCCCCCCCC)CCCCCCCCCCCC. The lowest BCUT2D eigenvalue weighted by Crippen LogP contribution is -2.21. The normalized spacial score (nSPS) is 12.2. The zero-order valence-electron chi connectivity index (χ0n) is 31.0. The molecule has 0 radical (unpaired) electrons. The molecule has 3 nitrogen and oxygen atoms in total. The quantitative estimate of drug-likeness (QED) is 0.0299. The average molecular weight is 633 g/mol. The third kappa shape index (κ3) is 34.0. The van der Waals surface area contributed by atoms with Crippen molar-refractivity contribution in [1.82, 2.24) is 0 Å². The van der Waals surface area contributed by atoms with Gasteiger partial charge in [0.15, 0.2) is 0 Å². The third-order valence-corrected chi connectivity index (χ3v) is 9.50. The molecule has 0 aromatic heterocycles. The maximum Gasteiger partial charge on any atom is 0.316 e. The second kappa shape index (κ2) is 37.3. The zero-order chi connectivity index (χ0) is 32.9. The minimum Gasteiger partial charge on any atom is -0.393 e. The van der Waals surface area contributed by atoms with E-state index in [-0.39, 0.29) is 17.9 Å². The van der Waals surface area contributed by atoms with Crippen molar-refractivity contribution in [1.29, 1.82) is 0 Å².